The molecule has 1 N–H and O–H groups in total. The van der Waals surface area contributed by atoms with Crippen molar-refractivity contribution in [3.05, 3.63) is 47.8 Å². The number of rotatable bonds is 5. The zero-order chi connectivity index (χ0) is 13.7. The largest absolute Gasteiger partial charge is 0.484 e. The molecule has 0 radical (unpaired) electrons. The Bertz CT molecular complexity index is 537. The Hall–Kier alpha value is -2.30. The average Bonchev–Trinajstić information content (AvgIpc) is 2.90. The van der Waals surface area contributed by atoms with E-state index in [9.17, 15) is 4.79 Å². The topological polar surface area (TPSA) is 58.2 Å². The standard InChI is InChI=1S/C14H17N3O2/c1-11-5-3-4-6-13(11)19-10-14(18)17(2)9-12-7-15-16-8-12/h3-8H,9-10H2,1-2H3,(H,15,16). The predicted molar refractivity (Wildman–Crippen MR) is 71.7 cm³/mol. The van der Waals surface area contributed by atoms with Gasteiger partial charge >= 0.3 is 0 Å². The number of aryl methyl sites for hydroxylation is 1. The zero-order valence-corrected chi connectivity index (χ0v) is 11.1. The maximum Gasteiger partial charge on any atom is 0.260 e. The van der Waals surface area contributed by atoms with Gasteiger partial charge in [0.15, 0.2) is 6.61 Å². The maximum absolute atomic E-state index is 11.9. The van der Waals surface area contributed by atoms with Crippen molar-refractivity contribution in [1.29, 1.82) is 0 Å². The number of likely N-dealkylation sites (N-methyl/N-ethyl adjacent to an activating group) is 1. The van der Waals surface area contributed by atoms with E-state index in [0.717, 1.165) is 16.9 Å². The molecule has 1 amide bonds. The molecule has 0 atom stereocenters. The van der Waals surface area contributed by atoms with Gasteiger partial charge in [-0.05, 0) is 18.6 Å². The van der Waals surface area contributed by atoms with Crippen molar-refractivity contribution in [2.24, 2.45) is 0 Å². The fraction of sp³-hybridized carbons (Fsp3) is 0.286. The molecule has 0 unspecified atom stereocenters. The van der Waals surface area contributed by atoms with Crippen LogP contribution in [0.25, 0.3) is 0 Å². The van der Waals surface area contributed by atoms with Gasteiger partial charge in [-0.25, -0.2) is 0 Å². The van der Waals surface area contributed by atoms with Gasteiger partial charge in [0.1, 0.15) is 5.75 Å². The molecule has 0 aliphatic rings. The predicted octanol–water partition coefficient (Wildman–Crippen LogP) is 1.76. The lowest BCUT2D eigenvalue weighted by atomic mass is 10.2. The van der Waals surface area contributed by atoms with Gasteiger partial charge in [0.2, 0.25) is 0 Å². The summed E-state index contributed by atoms with van der Waals surface area (Å²) in [5.41, 5.74) is 1.99. The highest BCUT2D eigenvalue weighted by Gasteiger charge is 2.11. The molecule has 0 aliphatic carbocycles. The molecule has 19 heavy (non-hydrogen) atoms. The number of carbonyl (C=O) groups excluding carboxylic acids is 1. The molecule has 1 aromatic heterocycles. The van der Waals surface area contributed by atoms with Crippen LogP contribution in [-0.4, -0.2) is 34.7 Å². The van der Waals surface area contributed by atoms with Crippen molar-refractivity contribution in [2.75, 3.05) is 13.7 Å². The average molecular weight is 259 g/mol. The zero-order valence-electron chi connectivity index (χ0n) is 11.1. The van der Waals surface area contributed by atoms with E-state index >= 15 is 0 Å². The Morgan fingerprint density at radius 3 is 2.89 bits per heavy atom. The second-order valence-electron chi connectivity index (χ2n) is 4.41. The molecule has 1 aromatic carbocycles. The third-order valence-corrected chi connectivity index (χ3v) is 2.85. The molecule has 0 bridgehead atoms. The second-order valence-corrected chi connectivity index (χ2v) is 4.41. The smallest absolute Gasteiger partial charge is 0.260 e. The van der Waals surface area contributed by atoms with Crippen LogP contribution >= 0.6 is 0 Å². The van der Waals surface area contributed by atoms with Crippen molar-refractivity contribution in [3.8, 4) is 5.75 Å². The molecule has 2 rings (SSSR count). The Morgan fingerprint density at radius 1 is 1.42 bits per heavy atom. The lowest BCUT2D eigenvalue weighted by Crippen LogP contribution is -2.30. The summed E-state index contributed by atoms with van der Waals surface area (Å²) in [6.45, 7) is 2.51. The van der Waals surface area contributed by atoms with Gasteiger partial charge in [0.05, 0.1) is 6.20 Å². The Kier molecular flexibility index (Phi) is 4.18. The number of H-pyrrole nitrogens is 1. The number of nitrogens with one attached hydrogen (secondary N) is 1. The van der Waals surface area contributed by atoms with Crippen molar-refractivity contribution in [3.63, 3.8) is 0 Å². The molecule has 0 fully saturated rings. The fourth-order valence-electron chi connectivity index (χ4n) is 1.69. The summed E-state index contributed by atoms with van der Waals surface area (Å²) in [6, 6.07) is 7.64. The van der Waals surface area contributed by atoms with Crippen molar-refractivity contribution >= 4 is 5.91 Å². The highest BCUT2D eigenvalue weighted by molar-refractivity contribution is 5.77. The van der Waals surface area contributed by atoms with Crippen LogP contribution in [0.5, 0.6) is 5.75 Å². The van der Waals surface area contributed by atoms with Crippen molar-refractivity contribution in [1.82, 2.24) is 15.1 Å². The summed E-state index contributed by atoms with van der Waals surface area (Å²) in [5, 5.41) is 6.57. The summed E-state index contributed by atoms with van der Waals surface area (Å²) in [7, 11) is 1.75. The summed E-state index contributed by atoms with van der Waals surface area (Å²) < 4.78 is 5.52. The van der Waals surface area contributed by atoms with Gasteiger partial charge in [-0.1, -0.05) is 18.2 Å². The van der Waals surface area contributed by atoms with Crippen LogP contribution in [0.2, 0.25) is 0 Å². The van der Waals surface area contributed by atoms with E-state index in [1.165, 1.54) is 0 Å². The number of carbonyl (C=O) groups is 1. The number of ether oxygens (including phenoxy) is 1. The summed E-state index contributed by atoms with van der Waals surface area (Å²) in [6.07, 6.45) is 3.47. The first-order valence-corrected chi connectivity index (χ1v) is 6.07. The number of amides is 1. The van der Waals surface area contributed by atoms with E-state index in [4.69, 9.17) is 4.74 Å². The van der Waals surface area contributed by atoms with E-state index in [0.29, 0.717) is 6.54 Å². The first-order chi connectivity index (χ1) is 9.16. The quantitative estimate of drug-likeness (QED) is 0.890. The minimum Gasteiger partial charge on any atom is -0.484 e. The molecule has 2 aromatic rings. The molecule has 0 spiro atoms. The summed E-state index contributed by atoms with van der Waals surface area (Å²) >= 11 is 0. The van der Waals surface area contributed by atoms with Crippen molar-refractivity contribution in [2.45, 2.75) is 13.5 Å². The number of para-hydroxylation sites is 1. The van der Waals surface area contributed by atoms with Gasteiger partial charge in [0, 0.05) is 25.4 Å². The van der Waals surface area contributed by atoms with E-state index < -0.39 is 0 Å². The lowest BCUT2D eigenvalue weighted by molar-refractivity contribution is -0.132. The molecule has 100 valence electrons. The van der Waals surface area contributed by atoms with Crippen molar-refractivity contribution < 1.29 is 9.53 Å². The fourth-order valence-corrected chi connectivity index (χ4v) is 1.69. The van der Waals surface area contributed by atoms with Gasteiger partial charge in [-0.2, -0.15) is 5.10 Å². The van der Waals surface area contributed by atoms with Gasteiger partial charge in [-0.15, -0.1) is 0 Å². The number of aromatic amines is 1. The van der Waals surface area contributed by atoms with Crippen LogP contribution in [0.4, 0.5) is 0 Å². The van der Waals surface area contributed by atoms with Gasteiger partial charge in [0.25, 0.3) is 5.91 Å². The van der Waals surface area contributed by atoms with Crippen LogP contribution in [-0.2, 0) is 11.3 Å². The second kappa shape index (κ2) is 6.04. The Balaban J connectivity index is 1.86. The number of nitrogens with zero attached hydrogens (tertiary/aromatic N) is 2. The summed E-state index contributed by atoms with van der Waals surface area (Å²) in [4.78, 5) is 13.5. The van der Waals surface area contributed by atoms with E-state index in [1.54, 1.807) is 24.3 Å². The number of aromatic nitrogens is 2. The van der Waals surface area contributed by atoms with E-state index in [2.05, 4.69) is 10.2 Å². The highest BCUT2D eigenvalue weighted by Crippen LogP contribution is 2.16. The molecule has 5 nitrogen and oxygen atoms in total. The Morgan fingerprint density at radius 2 is 2.21 bits per heavy atom. The normalized spacial score (nSPS) is 10.2. The molecule has 5 heteroatoms. The molecule has 0 saturated heterocycles. The van der Waals surface area contributed by atoms with Crippen LogP contribution in [0.3, 0.4) is 0 Å². The van der Waals surface area contributed by atoms with Gasteiger partial charge < -0.3 is 9.64 Å². The Labute approximate surface area is 112 Å². The molecule has 0 aliphatic heterocycles. The monoisotopic (exact) mass is 259 g/mol. The number of hydrogen-bond donors (Lipinski definition) is 1. The molecular weight excluding hydrogens is 242 g/mol. The van der Waals surface area contributed by atoms with E-state index in [-0.39, 0.29) is 12.5 Å². The molecule has 1 heterocycles. The molecule has 0 saturated carbocycles. The first-order valence-electron chi connectivity index (χ1n) is 6.07. The number of hydrogen-bond acceptors (Lipinski definition) is 3. The van der Waals surface area contributed by atoms with Gasteiger partial charge in [-0.3, -0.25) is 9.89 Å². The van der Waals surface area contributed by atoms with Crippen LogP contribution in [0, 0.1) is 6.92 Å². The maximum atomic E-state index is 11.9. The third kappa shape index (κ3) is 3.58. The minimum atomic E-state index is -0.0653. The van der Waals surface area contributed by atoms with Crippen LogP contribution in [0.1, 0.15) is 11.1 Å². The minimum absolute atomic E-state index is 0.0409. The summed E-state index contributed by atoms with van der Waals surface area (Å²) in [5.74, 6) is 0.678. The molecular formula is C14H17N3O2. The third-order valence-electron chi connectivity index (χ3n) is 2.85. The number of benzene rings is 1. The lowest BCUT2D eigenvalue weighted by Gasteiger charge is -2.17. The first kappa shape index (κ1) is 13.1. The van der Waals surface area contributed by atoms with E-state index in [1.807, 2.05) is 31.2 Å². The highest BCUT2D eigenvalue weighted by atomic mass is 16.5. The van der Waals surface area contributed by atoms with Crippen LogP contribution in [0.15, 0.2) is 36.7 Å². The SMILES string of the molecule is Cc1ccccc1OCC(=O)N(C)Cc1cn[nH]c1. The van der Waals surface area contributed by atoms with Crippen LogP contribution < -0.4 is 4.74 Å².